The average Bonchev–Trinajstić information content (AvgIpc) is 3.01. The molecule has 1 aliphatic heterocycles. The molecule has 0 spiro atoms. The van der Waals surface area contributed by atoms with Gasteiger partial charge in [-0.15, -0.1) is 0 Å². The van der Waals surface area contributed by atoms with Crippen molar-refractivity contribution in [3.8, 4) is 0 Å². The fraction of sp³-hybridized carbons (Fsp3) is 0.350. The molecule has 0 bridgehead atoms. The van der Waals surface area contributed by atoms with E-state index in [0.29, 0.717) is 12.0 Å². The van der Waals surface area contributed by atoms with Crippen LogP contribution in [-0.4, -0.2) is 40.0 Å². The lowest BCUT2D eigenvalue weighted by atomic mass is 9.95. The first-order valence-electron chi connectivity index (χ1n) is 8.80. The van der Waals surface area contributed by atoms with E-state index >= 15 is 0 Å². The van der Waals surface area contributed by atoms with Crippen LogP contribution in [0.15, 0.2) is 48.8 Å². The van der Waals surface area contributed by atoms with Crippen molar-refractivity contribution in [1.29, 1.82) is 0 Å². The van der Waals surface area contributed by atoms with E-state index in [0.717, 1.165) is 35.6 Å². The Hall–Kier alpha value is -2.53. The zero-order chi connectivity index (χ0) is 17.2. The molecule has 1 fully saturated rings. The quantitative estimate of drug-likeness (QED) is 0.793. The second-order valence-corrected chi connectivity index (χ2v) is 6.79. The van der Waals surface area contributed by atoms with Gasteiger partial charge in [-0.05, 0) is 56.6 Å². The summed E-state index contributed by atoms with van der Waals surface area (Å²) in [5.41, 5.74) is 4.11. The van der Waals surface area contributed by atoms with Crippen LogP contribution in [0.1, 0.15) is 23.7 Å². The van der Waals surface area contributed by atoms with Crippen molar-refractivity contribution >= 4 is 16.9 Å². The number of pyridine rings is 1. The molecule has 25 heavy (non-hydrogen) atoms. The molecule has 3 aromatic rings. The topological polar surface area (TPSA) is 53.9 Å². The van der Waals surface area contributed by atoms with E-state index < -0.39 is 0 Å². The highest BCUT2D eigenvalue weighted by Gasteiger charge is 2.33. The minimum atomic E-state index is 0.398. The van der Waals surface area contributed by atoms with Crippen LogP contribution in [-0.2, 0) is 0 Å². The SMILES string of the molecule is Cc1nc2ccccc2nc1NC[C@@H]1CCN(C)[C@H]1c1cccnc1. The highest BCUT2D eigenvalue weighted by atomic mass is 15.2. The molecule has 0 unspecified atom stereocenters. The van der Waals surface area contributed by atoms with Crippen molar-refractivity contribution in [3.63, 3.8) is 0 Å². The van der Waals surface area contributed by atoms with Gasteiger partial charge in [-0.2, -0.15) is 0 Å². The zero-order valence-electron chi connectivity index (χ0n) is 14.7. The summed E-state index contributed by atoms with van der Waals surface area (Å²) in [6.45, 7) is 4.01. The largest absolute Gasteiger partial charge is 0.368 e. The molecule has 2 aromatic heterocycles. The summed E-state index contributed by atoms with van der Waals surface area (Å²) >= 11 is 0. The van der Waals surface area contributed by atoms with Gasteiger partial charge in [-0.3, -0.25) is 9.88 Å². The summed E-state index contributed by atoms with van der Waals surface area (Å²) < 4.78 is 0. The summed E-state index contributed by atoms with van der Waals surface area (Å²) in [4.78, 5) is 16.1. The Labute approximate surface area is 148 Å². The first-order chi connectivity index (χ1) is 12.2. The first kappa shape index (κ1) is 16.0. The van der Waals surface area contributed by atoms with E-state index in [1.54, 1.807) is 0 Å². The molecule has 2 atom stereocenters. The number of nitrogens with one attached hydrogen (secondary N) is 1. The Morgan fingerprint density at radius 2 is 1.92 bits per heavy atom. The van der Waals surface area contributed by atoms with Crippen molar-refractivity contribution in [2.24, 2.45) is 5.92 Å². The Morgan fingerprint density at radius 1 is 1.12 bits per heavy atom. The number of aromatic nitrogens is 3. The van der Waals surface area contributed by atoms with Crippen LogP contribution in [0.5, 0.6) is 0 Å². The summed E-state index contributed by atoms with van der Waals surface area (Å²) in [6, 6.07) is 12.6. The number of aryl methyl sites for hydroxylation is 1. The van der Waals surface area contributed by atoms with Crippen LogP contribution in [0.3, 0.4) is 0 Å². The monoisotopic (exact) mass is 333 g/mol. The zero-order valence-corrected chi connectivity index (χ0v) is 14.7. The third-order valence-corrected chi connectivity index (χ3v) is 5.08. The molecule has 5 nitrogen and oxygen atoms in total. The van der Waals surface area contributed by atoms with Crippen LogP contribution < -0.4 is 5.32 Å². The molecule has 5 heteroatoms. The van der Waals surface area contributed by atoms with E-state index in [2.05, 4.69) is 33.3 Å². The average molecular weight is 333 g/mol. The number of fused-ring (bicyclic) bond motifs is 1. The summed E-state index contributed by atoms with van der Waals surface area (Å²) in [6.07, 6.45) is 4.99. The Kier molecular flexibility index (Phi) is 4.32. The Balaban J connectivity index is 1.53. The molecule has 1 N–H and O–H groups in total. The lowest BCUT2D eigenvalue weighted by Crippen LogP contribution is -2.25. The number of benzene rings is 1. The molecule has 4 rings (SSSR count). The summed E-state index contributed by atoms with van der Waals surface area (Å²) in [7, 11) is 2.19. The van der Waals surface area contributed by atoms with E-state index in [9.17, 15) is 0 Å². The number of anilines is 1. The fourth-order valence-electron chi connectivity index (χ4n) is 3.80. The molecular weight excluding hydrogens is 310 g/mol. The third-order valence-electron chi connectivity index (χ3n) is 5.08. The lowest BCUT2D eigenvalue weighted by molar-refractivity contribution is 0.281. The molecule has 1 aromatic carbocycles. The van der Waals surface area contributed by atoms with Gasteiger partial charge in [-0.1, -0.05) is 18.2 Å². The molecule has 0 amide bonds. The molecule has 3 heterocycles. The van der Waals surface area contributed by atoms with Crippen molar-refractivity contribution in [1.82, 2.24) is 19.9 Å². The number of para-hydroxylation sites is 2. The third kappa shape index (κ3) is 3.20. The molecule has 0 radical (unpaired) electrons. The fourth-order valence-corrected chi connectivity index (χ4v) is 3.80. The van der Waals surface area contributed by atoms with Gasteiger partial charge < -0.3 is 5.32 Å². The van der Waals surface area contributed by atoms with Gasteiger partial charge in [0.2, 0.25) is 0 Å². The van der Waals surface area contributed by atoms with Gasteiger partial charge in [-0.25, -0.2) is 9.97 Å². The first-order valence-corrected chi connectivity index (χ1v) is 8.80. The van der Waals surface area contributed by atoms with Crippen molar-refractivity contribution in [2.45, 2.75) is 19.4 Å². The van der Waals surface area contributed by atoms with Crippen LogP contribution in [0.25, 0.3) is 11.0 Å². The normalized spacial score (nSPS) is 20.9. The molecule has 0 aliphatic carbocycles. The Bertz CT molecular complexity index is 864. The highest BCUT2D eigenvalue weighted by molar-refractivity contribution is 5.76. The Morgan fingerprint density at radius 3 is 2.68 bits per heavy atom. The van der Waals surface area contributed by atoms with E-state index in [4.69, 9.17) is 4.98 Å². The standard InChI is InChI=1S/C20H23N5/c1-14-20(24-18-8-4-3-7-17(18)23-14)22-13-16-9-11-25(2)19(16)15-6-5-10-21-12-15/h3-8,10,12,16,19H,9,11,13H2,1-2H3,(H,22,24)/t16-,19-/m0/s1. The van der Waals surface area contributed by atoms with Crippen LogP contribution in [0.2, 0.25) is 0 Å². The number of nitrogens with zero attached hydrogens (tertiary/aromatic N) is 4. The van der Waals surface area contributed by atoms with Crippen molar-refractivity contribution in [2.75, 3.05) is 25.5 Å². The highest BCUT2D eigenvalue weighted by Crippen LogP contribution is 2.35. The van der Waals surface area contributed by atoms with Gasteiger partial charge >= 0.3 is 0 Å². The summed E-state index contributed by atoms with van der Waals surface area (Å²) in [5.74, 6) is 1.42. The van der Waals surface area contributed by atoms with E-state index in [1.165, 1.54) is 12.0 Å². The number of hydrogen-bond donors (Lipinski definition) is 1. The van der Waals surface area contributed by atoms with E-state index in [-0.39, 0.29) is 0 Å². The van der Waals surface area contributed by atoms with Crippen LogP contribution in [0, 0.1) is 12.8 Å². The van der Waals surface area contributed by atoms with Gasteiger partial charge in [0, 0.05) is 25.0 Å². The second kappa shape index (κ2) is 6.76. The maximum absolute atomic E-state index is 4.75. The van der Waals surface area contributed by atoms with E-state index in [1.807, 2.05) is 49.6 Å². The smallest absolute Gasteiger partial charge is 0.148 e. The molecule has 128 valence electrons. The van der Waals surface area contributed by atoms with Crippen molar-refractivity contribution < 1.29 is 0 Å². The van der Waals surface area contributed by atoms with Gasteiger partial charge in [0.1, 0.15) is 5.82 Å². The minimum Gasteiger partial charge on any atom is -0.368 e. The van der Waals surface area contributed by atoms with Gasteiger partial charge in [0.15, 0.2) is 0 Å². The molecule has 1 saturated heterocycles. The second-order valence-electron chi connectivity index (χ2n) is 6.79. The maximum atomic E-state index is 4.75. The van der Waals surface area contributed by atoms with Crippen LogP contribution in [0.4, 0.5) is 5.82 Å². The predicted molar refractivity (Wildman–Crippen MR) is 100 cm³/mol. The maximum Gasteiger partial charge on any atom is 0.148 e. The number of rotatable bonds is 4. The molecular formula is C20H23N5. The van der Waals surface area contributed by atoms with Gasteiger partial charge in [0.05, 0.1) is 16.7 Å². The predicted octanol–water partition coefficient (Wildman–Crippen LogP) is 3.44. The van der Waals surface area contributed by atoms with Crippen molar-refractivity contribution in [3.05, 3.63) is 60.0 Å². The summed E-state index contributed by atoms with van der Waals surface area (Å²) in [5, 5.41) is 3.55. The number of hydrogen-bond acceptors (Lipinski definition) is 5. The van der Waals surface area contributed by atoms with Crippen LogP contribution >= 0.6 is 0 Å². The molecule has 0 saturated carbocycles. The van der Waals surface area contributed by atoms with Gasteiger partial charge in [0.25, 0.3) is 0 Å². The number of likely N-dealkylation sites (tertiary alicyclic amines) is 1. The molecule has 1 aliphatic rings. The lowest BCUT2D eigenvalue weighted by Gasteiger charge is -2.25. The minimum absolute atomic E-state index is 0.398.